The second-order valence-corrected chi connectivity index (χ2v) is 0.781. The number of rotatable bonds is 2. The Hall–Kier alpha value is 1.56. The van der Waals surface area contributed by atoms with E-state index in [1.54, 1.807) is 0 Å². The van der Waals surface area contributed by atoms with Gasteiger partial charge in [0.2, 0.25) is 0 Å². The van der Waals surface area contributed by atoms with Gasteiger partial charge in [-0.15, -0.1) is 0 Å². The molecule has 0 saturated heterocycles. The van der Waals surface area contributed by atoms with E-state index in [4.69, 9.17) is 4.74 Å². The summed E-state index contributed by atoms with van der Waals surface area (Å²) in [6.45, 7) is 5.67. The summed E-state index contributed by atoms with van der Waals surface area (Å²) in [4.78, 5) is 0. The molecule has 0 bridgehead atoms. The van der Waals surface area contributed by atoms with Crippen molar-refractivity contribution in [3.63, 3.8) is 0 Å². The fourth-order valence-corrected chi connectivity index (χ4v) is 0.204. The fourth-order valence-electron chi connectivity index (χ4n) is 0.204. The predicted octanol–water partition coefficient (Wildman–Crippen LogP) is -2.13. The molecule has 0 radical (unpaired) electrons. The first-order chi connectivity index (χ1) is 2.41. The Morgan fingerprint density at radius 1 is 1.14 bits per heavy atom. The third kappa shape index (κ3) is 18.4. The minimum Gasteiger partial charge on any atom is -0.870 e. The van der Waals surface area contributed by atoms with Crippen LogP contribution in [-0.2, 0) is 4.74 Å². The van der Waals surface area contributed by atoms with E-state index in [0.717, 1.165) is 13.2 Å². The van der Waals surface area contributed by atoms with Crippen LogP contribution in [0.3, 0.4) is 0 Å². The molecule has 0 amide bonds. The first kappa shape index (κ1) is 15.8. The second-order valence-electron chi connectivity index (χ2n) is 0.781. The van der Waals surface area contributed by atoms with Crippen LogP contribution in [0.1, 0.15) is 13.8 Å². The van der Waals surface area contributed by atoms with Gasteiger partial charge in [0.25, 0.3) is 0 Å². The van der Waals surface area contributed by atoms with E-state index in [2.05, 4.69) is 0 Å². The minimum absolute atomic E-state index is 0. The van der Waals surface area contributed by atoms with Crippen molar-refractivity contribution in [3.05, 3.63) is 0 Å². The van der Waals surface area contributed by atoms with Crippen LogP contribution in [0.25, 0.3) is 0 Å². The quantitative estimate of drug-likeness (QED) is 0.401. The molecule has 3 heteroatoms. The molecule has 0 aromatic rings. The van der Waals surface area contributed by atoms with Crippen LogP contribution >= 0.6 is 0 Å². The van der Waals surface area contributed by atoms with Crippen LogP contribution in [0.15, 0.2) is 0 Å². The van der Waals surface area contributed by atoms with Gasteiger partial charge in [-0.25, -0.2) is 0 Å². The van der Waals surface area contributed by atoms with Crippen molar-refractivity contribution < 1.29 is 61.6 Å². The Bertz CT molecular complexity index is 17.2. The summed E-state index contributed by atoms with van der Waals surface area (Å²) in [6, 6.07) is 0. The van der Waals surface area contributed by atoms with E-state index in [-0.39, 0.29) is 56.9 Å². The van der Waals surface area contributed by atoms with E-state index in [9.17, 15) is 0 Å². The van der Waals surface area contributed by atoms with Crippen molar-refractivity contribution in [1.29, 1.82) is 0 Å². The summed E-state index contributed by atoms with van der Waals surface area (Å²) < 4.78 is 4.83. The molecule has 0 fully saturated rings. The largest absolute Gasteiger partial charge is 1.00 e. The Morgan fingerprint density at radius 3 is 1.43 bits per heavy atom. The maximum atomic E-state index is 4.83. The Morgan fingerprint density at radius 2 is 1.43 bits per heavy atom. The van der Waals surface area contributed by atoms with Gasteiger partial charge in [-0.05, 0) is 13.8 Å². The molecule has 0 heterocycles. The van der Waals surface area contributed by atoms with Gasteiger partial charge in [0.05, 0.1) is 0 Å². The van der Waals surface area contributed by atoms with Gasteiger partial charge in [0.15, 0.2) is 0 Å². The molecular weight excluding hydrogens is 119 g/mol. The Labute approximate surface area is 87.4 Å². The van der Waals surface area contributed by atoms with Crippen molar-refractivity contribution in [3.8, 4) is 0 Å². The van der Waals surface area contributed by atoms with Gasteiger partial charge in [-0.3, -0.25) is 0 Å². The molecule has 0 aliphatic rings. The predicted molar refractivity (Wildman–Crippen MR) is 24.1 cm³/mol. The average molecular weight is 130 g/mol. The van der Waals surface area contributed by atoms with Crippen molar-refractivity contribution >= 4 is 0 Å². The van der Waals surface area contributed by atoms with Crippen LogP contribution < -0.4 is 51.4 Å². The summed E-state index contributed by atoms with van der Waals surface area (Å²) in [5.41, 5.74) is 0. The third-order valence-corrected chi connectivity index (χ3v) is 0.408. The monoisotopic (exact) mass is 130 g/mol. The maximum absolute atomic E-state index is 4.83. The van der Waals surface area contributed by atoms with Crippen LogP contribution in [0.5, 0.6) is 0 Å². The smallest absolute Gasteiger partial charge is 0.870 e. The topological polar surface area (TPSA) is 39.2 Å². The van der Waals surface area contributed by atoms with Gasteiger partial charge in [-0.1, -0.05) is 0 Å². The van der Waals surface area contributed by atoms with E-state index in [1.807, 2.05) is 13.8 Å². The van der Waals surface area contributed by atoms with E-state index < -0.39 is 0 Å². The molecule has 0 saturated carbocycles. The minimum atomic E-state index is 0. The van der Waals surface area contributed by atoms with Crippen LogP contribution in [0.2, 0.25) is 0 Å². The zero-order valence-corrected chi connectivity index (χ0v) is 8.39. The fraction of sp³-hybridized carbons (Fsp3) is 1.00. The molecule has 40 valence electrons. The van der Waals surface area contributed by atoms with Crippen molar-refractivity contribution in [2.45, 2.75) is 13.8 Å². The molecule has 0 rings (SSSR count). The van der Waals surface area contributed by atoms with E-state index in [0.29, 0.717) is 0 Å². The van der Waals surface area contributed by atoms with E-state index >= 15 is 0 Å². The number of hydrogen-bond donors (Lipinski definition) is 0. The summed E-state index contributed by atoms with van der Waals surface area (Å²) in [5.74, 6) is 0. The molecule has 7 heavy (non-hydrogen) atoms. The van der Waals surface area contributed by atoms with Crippen LogP contribution in [0, 0.1) is 0 Å². The third-order valence-electron chi connectivity index (χ3n) is 0.408. The molecule has 2 nitrogen and oxygen atoms in total. The molecule has 0 atom stereocenters. The first-order valence-corrected chi connectivity index (χ1v) is 1.99. The maximum Gasteiger partial charge on any atom is 1.00 e. The van der Waals surface area contributed by atoms with Crippen molar-refractivity contribution in [1.82, 2.24) is 0 Å². The zero-order valence-electron chi connectivity index (χ0n) is 5.27. The molecule has 0 aromatic heterocycles. The number of ether oxygens (including phenoxy) is 1. The molecule has 0 aliphatic carbocycles. The average Bonchev–Trinajstić information content (AvgIpc) is 1.41. The molecule has 0 aliphatic heterocycles. The Kier molecular flexibility index (Phi) is 35.4. The first-order valence-electron chi connectivity index (χ1n) is 1.99. The molecule has 0 spiro atoms. The SMILES string of the molecule is CCOCC.[K+].[OH-]. The Balaban J connectivity index is -0.0000000800. The van der Waals surface area contributed by atoms with Crippen molar-refractivity contribution in [2.75, 3.05) is 13.2 Å². The van der Waals surface area contributed by atoms with Crippen LogP contribution in [0.4, 0.5) is 0 Å². The summed E-state index contributed by atoms with van der Waals surface area (Å²) >= 11 is 0. The van der Waals surface area contributed by atoms with E-state index in [1.165, 1.54) is 0 Å². The van der Waals surface area contributed by atoms with Gasteiger partial charge in [0.1, 0.15) is 0 Å². The molecular formula is C4H11KO2. The zero-order chi connectivity index (χ0) is 4.12. The second kappa shape index (κ2) is 15.6. The van der Waals surface area contributed by atoms with Gasteiger partial charge in [0, 0.05) is 13.2 Å². The molecule has 1 N–H and O–H groups in total. The molecule has 0 unspecified atom stereocenters. The van der Waals surface area contributed by atoms with Gasteiger partial charge < -0.3 is 10.2 Å². The normalized spacial score (nSPS) is 6.00. The summed E-state index contributed by atoms with van der Waals surface area (Å²) in [6.07, 6.45) is 0. The van der Waals surface area contributed by atoms with Crippen molar-refractivity contribution in [2.24, 2.45) is 0 Å². The number of hydrogen-bond acceptors (Lipinski definition) is 2. The standard InChI is InChI=1S/C4H10O.K.H2O/c1-3-5-4-2;;/h3-4H2,1-2H3;;1H2/q;+1;/p-1. The van der Waals surface area contributed by atoms with Gasteiger partial charge in [-0.2, -0.15) is 0 Å². The molecule has 0 aromatic carbocycles. The van der Waals surface area contributed by atoms with Crippen LogP contribution in [-0.4, -0.2) is 18.7 Å². The van der Waals surface area contributed by atoms with Gasteiger partial charge >= 0.3 is 51.4 Å². The summed E-state index contributed by atoms with van der Waals surface area (Å²) in [7, 11) is 0. The summed E-state index contributed by atoms with van der Waals surface area (Å²) in [5, 5.41) is 0.